The fourth-order valence-electron chi connectivity index (χ4n) is 2.10. The van der Waals surface area contributed by atoms with Crippen LogP contribution in [0, 0.1) is 6.92 Å². The van der Waals surface area contributed by atoms with Crippen LogP contribution in [-0.4, -0.2) is 27.2 Å². The summed E-state index contributed by atoms with van der Waals surface area (Å²) in [6, 6.07) is 12.4. The van der Waals surface area contributed by atoms with Gasteiger partial charge in [0.05, 0.1) is 0 Å². The monoisotopic (exact) mass is 459 g/mol. The van der Waals surface area contributed by atoms with Gasteiger partial charge in [-0.15, -0.1) is 0 Å². The molecular formula is C20H15F6N3O3. The van der Waals surface area contributed by atoms with Gasteiger partial charge in [0.1, 0.15) is 17.1 Å². The lowest BCUT2D eigenvalue weighted by Gasteiger charge is -2.12. The average Bonchev–Trinajstić information content (AvgIpc) is 2.70. The topological polar surface area (TPSA) is 84.3 Å². The summed E-state index contributed by atoms with van der Waals surface area (Å²) in [6.07, 6.45) is -6.62. The molecule has 3 aromatic rings. The van der Waals surface area contributed by atoms with E-state index in [0.29, 0.717) is 5.82 Å². The summed E-state index contributed by atoms with van der Waals surface area (Å²) in [5.41, 5.74) is 0.868. The summed E-state index contributed by atoms with van der Waals surface area (Å²) in [5.74, 6) is -2.31. The molecule has 2 aromatic heterocycles. The van der Waals surface area contributed by atoms with Gasteiger partial charge in [-0.05, 0) is 55.0 Å². The average molecular weight is 459 g/mol. The number of anilines is 2. The lowest BCUT2D eigenvalue weighted by molar-refractivity contribution is -0.192. The van der Waals surface area contributed by atoms with Crippen LogP contribution in [0.3, 0.4) is 0 Å². The minimum atomic E-state index is -5.08. The fraction of sp³-hybridized carbons (Fsp3) is 0.150. The maximum absolute atomic E-state index is 12.9. The number of nitrogens with zero attached hydrogens (tertiary/aromatic N) is 2. The second-order valence-corrected chi connectivity index (χ2v) is 6.13. The quantitative estimate of drug-likeness (QED) is 0.468. The van der Waals surface area contributed by atoms with Crippen molar-refractivity contribution in [2.75, 3.05) is 5.32 Å². The van der Waals surface area contributed by atoms with Crippen molar-refractivity contribution in [1.29, 1.82) is 0 Å². The third-order valence-corrected chi connectivity index (χ3v) is 3.57. The van der Waals surface area contributed by atoms with E-state index in [4.69, 9.17) is 14.6 Å². The highest BCUT2D eigenvalue weighted by atomic mass is 19.4. The molecule has 0 radical (unpaired) electrons. The molecule has 6 nitrogen and oxygen atoms in total. The summed E-state index contributed by atoms with van der Waals surface area (Å²) in [4.78, 5) is 16.8. The first-order valence-electron chi connectivity index (χ1n) is 8.66. The first kappa shape index (κ1) is 24.4. The van der Waals surface area contributed by atoms with Crippen LogP contribution in [0.2, 0.25) is 0 Å². The predicted molar refractivity (Wildman–Crippen MR) is 102 cm³/mol. The van der Waals surface area contributed by atoms with E-state index in [1.165, 1.54) is 12.3 Å². The van der Waals surface area contributed by atoms with Gasteiger partial charge in [-0.1, -0.05) is 6.07 Å². The first-order chi connectivity index (χ1) is 14.9. The molecule has 0 aliphatic carbocycles. The maximum atomic E-state index is 12.9. The molecule has 2 heterocycles. The van der Waals surface area contributed by atoms with Crippen LogP contribution in [-0.2, 0) is 11.0 Å². The number of hydrogen-bond acceptors (Lipinski definition) is 5. The minimum Gasteiger partial charge on any atom is -0.475 e. The smallest absolute Gasteiger partial charge is 0.475 e. The van der Waals surface area contributed by atoms with Gasteiger partial charge >= 0.3 is 18.3 Å². The second kappa shape index (κ2) is 9.98. The van der Waals surface area contributed by atoms with Crippen LogP contribution in [0.25, 0.3) is 0 Å². The van der Waals surface area contributed by atoms with Crippen LogP contribution >= 0.6 is 0 Å². The lowest BCUT2D eigenvalue weighted by Crippen LogP contribution is -2.21. The van der Waals surface area contributed by atoms with E-state index in [1.807, 2.05) is 19.1 Å². The number of ether oxygens (including phenoxy) is 1. The third kappa shape index (κ3) is 7.45. The largest absolute Gasteiger partial charge is 0.490 e. The number of aromatic nitrogens is 2. The van der Waals surface area contributed by atoms with E-state index in [0.717, 1.165) is 17.3 Å². The fourth-order valence-corrected chi connectivity index (χ4v) is 2.10. The van der Waals surface area contributed by atoms with Crippen molar-refractivity contribution in [3.63, 3.8) is 0 Å². The van der Waals surface area contributed by atoms with E-state index in [9.17, 15) is 26.3 Å². The zero-order chi connectivity index (χ0) is 23.9. The Hall–Kier alpha value is -3.83. The predicted octanol–water partition coefficient (Wildman–Crippen LogP) is 5.97. The van der Waals surface area contributed by atoms with Gasteiger partial charge < -0.3 is 15.2 Å². The SMILES string of the molecule is Cc1ccc(Nc2ccc(Oc3ncccc3C(F)(F)F)cc2)nc1.O=C(O)C(F)(F)F. The van der Waals surface area contributed by atoms with Crippen molar-refractivity contribution >= 4 is 17.5 Å². The molecular weight excluding hydrogens is 444 g/mol. The number of carboxylic acid groups (broad SMARTS) is 1. The maximum Gasteiger partial charge on any atom is 0.490 e. The summed E-state index contributed by atoms with van der Waals surface area (Å²) in [7, 11) is 0. The Labute approximate surface area is 177 Å². The summed E-state index contributed by atoms with van der Waals surface area (Å²) in [5, 5.41) is 10.2. The number of alkyl halides is 6. The zero-order valence-electron chi connectivity index (χ0n) is 16.2. The van der Waals surface area contributed by atoms with Crippen LogP contribution in [0.1, 0.15) is 11.1 Å². The number of benzene rings is 1. The summed E-state index contributed by atoms with van der Waals surface area (Å²) < 4.78 is 75.9. The van der Waals surface area contributed by atoms with Gasteiger partial charge in [-0.2, -0.15) is 26.3 Å². The molecule has 0 aliphatic rings. The van der Waals surface area contributed by atoms with Gasteiger partial charge in [0.25, 0.3) is 0 Å². The number of halogens is 6. The highest BCUT2D eigenvalue weighted by Gasteiger charge is 2.38. The molecule has 12 heteroatoms. The molecule has 0 unspecified atom stereocenters. The molecule has 0 amide bonds. The van der Waals surface area contributed by atoms with Crippen molar-refractivity contribution in [3.05, 3.63) is 72.1 Å². The standard InChI is InChI=1S/C18H14F3N3O.C2HF3O2/c1-12-4-9-16(23-11-12)24-13-5-7-14(8-6-13)25-17-15(18(19,20)21)3-2-10-22-17;3-2(4,5)1(6)7/h2-11H,1H3,(H,23,24);(H,6,7). The van der Waals surface area contributed by atoms with Crippen LogP contribution < -0.4 is 10.1 Å². The molecule has 0 aliphatic heterocycles. The molecule has 1 aromatic carbocycles. The van der Waals surface area contributed by atoms with Gasteiger partial charge in [0, 0.05) is 18.1 Å². The van der Waals surface area contributed by atoms with Crippen LogP contribution in [0.5, 0.6) is 11.6 Å². The van der Waals surface area contributed by atoms with E-state index in [2.05, 4.69) is 15.3 Å². The van der Waals surface area contributed by atoms with Crippen molar-refractivity contribution < 1.29 is 41.0 Å². The minimum absolute atomic E-state index is 0.256. The van der Waals surface area contributed by atoms with Crippen LogP contribution in [0.15, 0.2) is 60.9 Å². The van der Waals surface area contributed by atoms with Crippen LogP contribution in [0.4, 0.5) is 37.8 Å². The molecule has 0 fully saturated rings. The van der Waals surface area contributed by atoms with Crippen molar-refractivity contribution in [2.45, 2.75) is 19.3 Å². The summed E-state index contributed by atoms with van der Waals surface area (Å²) >= 11 is 0. The number of carbonyl (C=O) groups is 1. The van der Waals surface area contributed by atoms with Crippen molar-refractivity contribution in [1.82, 2.24) is 9.97 Å². The van der Waals surface area contributed by atoms with Gasteiger partial charge in [-0.3, -0.25) is 0 Å². The number of carboxylic acids is 1. The third-order valence-electron chi connectivity index (χ3n) is 3.57. The number of hydrogen-bond donors (Lipinski definition) is 2. The molecule has 32 heavy (non-hydrogen) atoms. The number of aryl methyl sites for hydroxylation is 1. The first-order valence-corrected chi connectivity index (χ1v) is 8.66. The van der Waals surface area contributed by atoms with Crippen molar-refractivity contribution in [2.24, 2.45) is 0 Å². The van der Waals surface area contributed by atoms with Gasteiger partial charge in [0.2, 0.25) is 5.88 Å². The molecule has 0 saturated carbocycles. The molecule has 0 atom stereocenters. The Bertz CT molecular complexity index is 1040. The van der Waals surface area contributed by atoms with E-state index in [-0.39, 0.29) is 5.75 Å². The van der Waals surface area contributed by atoms with E-state index < -0.39 is 29.8 Å². The molecule has 170 valence electrons. The number of nitrogens with one attached hydrogen (secondary N) is 1. The Morgan fingerprint density at radius 1 is 0.969 bits per heavy atom. The molecule has 2 N–H and O–H groups in total. The Morgan fingerprint density at radius 3 is 2.09 bits per heavy atom. The number of pyridine rings is 2. The van der Waals surface area contributed by atoms with Gasteiger partial charge in [-0.25, -0.2) is 14.8 Å². The number of aliphatic carboxylic acids is 1. The second-order valence-electron chi connectivity index (χ2n) is 6.13. The van der Waals surface area contributed by atoms with E-state index >= 15 is 0 Å². The molecule has 0 spiro atoms. The Morgan fingerprint density at radius 2 is 1.59 bits per heavy atom. The summed E-state index contributed by atoms with van der Waals surface area (Å²) in [6.45, 7) is 1.94. The molecule has 0 bridgehead atoms. The van der Waals surface area contributed by atoms with E-state index in [1.54, 1.807) is 30.5 Å². The number of rotatable bonds is 4. The van der Waals surface area contributed by atoms with Crippen molar-refractivity contribution in [3.8, 4) is 11.6 Å². The molecule has 3 rings (SSSR count). The zero-order valence-corrected chi connectivity index (χ0v) is 16.2. The van der Waals surface area contributed by atoms with Gasteiger partial charge in [0.15, 0.2) is 0 Å². The molecule has 0 saturated heterocycles. The highest BCUT2D eigenvalue weighted by Crippen LogP contribution is 2.36. The lowest BCUT2D eigenvalue weighted by atomic mass is 10.2. The highest BCUT2D eigenvalue weighted by molar-refractivity contribution is 5.73. The Kier molecular flexibility index (Phi) is 7.63. The Balaban J connectivity index is 0.000000451. The normalized spacial score (nSPS) is 11.2.